The molecule has 2 aromatic heterocycles. The summed E-state index contributed by atoms with van der Waals surface area (Å²) in [5.74, 6) is -0.185. The van der Waals surface area contributed by atoms with Gasteiger partial charge in [0.2, 0.25) is 0 Å². The van der Waals surface area contributed by atoms with Crippen molar-refractivity contribution in [2.45, 2.75) is 111 Å². The monoisotopic (exact) mass is 844 g/mol. The molecule has 4 nitrogen and oxygen atoms in total. The van der Waals surface area contributed by atoms with E-state index < -0.39 is 67.0 Å². The Morgan fingerprint density at radius 3 is 1.98 bits per heavy atom. The lowest BCUT2D eigenvalue weighted by molar-refractivity contribution is 0.466. The largest absolute Gasteiger partial charge is 0.507 e. The molecule has 63 heavy (non-hydrogen) atoms. The standard InChI is InChI=1S/C59H63N3O/c1-36(2)41-23-26-53(50(32-41)40-17-14-13-15-18-40)62-54-20-16-19-48(55(54)61-57(62)51-34-43(37(3)4)33-49(38(5)6)56(51)63)44-29-45(31-47(30-44)59(10,11)12)52-35-42(27-28-60-52)39-21-24-46(25-22-39)58(7,8)9/h13-38,63H,1-12H3/i7D3,8D3,9D3,21D,22D,24D,25D,36D. The van der Waals surface area contributed by atoms with Crippen LogP contribution >= 0.6 is 0 Å². The number of pyridine rings is 1. The van der Waals surface area contributed by atoms with Crippen LogP contribution in [0.4, 0.5) is 0 Å². The fourth-order valence-electron chi connectivity index (χ4n) is 8.02. The average Bonchev–Trinajstić information content (AvgIpc) is 3.86. The molecule has 320 valence electrons. The van der Waals surface area contributed by atoms with Gasteiger partial charge in [0.1, 0.15) is 11.6 Å². The van der Waals surface area contributed by atoms with Crippen molar-refractivity contribution in [1.82, 2.24) is 14.5 Å². The average molecular weight is 844 g/mol. The Morgan fingerprint density at radius 1 is 0.603 bits per heavy atom. The van der Waals surface area contributed by atoms with Gasteiger partial charge in [-0.1, -0.05) is 168 Å². The summed E-state index contributed by atoms with van der Waals surface area (Å²) in [7, 11) is 0. The maximum Gasteiger partial charge on any atom is 0.149 e. The third-order valence-electron chi connectivity index (χ3n) is 11.7. The van der Waals surface area contributed by atoms with E-state index >= 15 is 0 Å². The van der Waals surface area contributed by atoms with Gasteiger partial charge in [0.15, 0.2) is 0 Å². The lowest BCUT2D eigenvalue weighted by atomic mass is 9.83. The van der Waals surface area contributed by atoms with Gasteiger partial charge in [-0.3, -0.25) is 9.55 Å². The SMILES string of the molecule is [2H]c1c([2H])c(C(C([2H])([2H])[2H])(C([2H])([2H])[2H])C([2H])([2H])[2H])c([2H])c([2H])c1-c1ccnc(-c2cc(-c3cccc4c3nc(-c3cc(C(C)C)cc(C(C)C)c3O)n4-c3ccc(C([2H])(C)C)cc3-c3ccccc3)cc(C(C)(C)C)c2)c1. The molecule has 6 aromatic carbocycles. The Kier molecular flexibility index (Phi) is 7.77. The van der Waals surface area contributed by atoms with E-state index in [1.807, 2.05) is 107 Å². The molecule has 2 heterocycles. The highest BCUT2D eigenvalue weighted by molar-refractivity contribution is 5.98. The molecule has 0 unspecified atom stereocenters. The van der Waals surface area contributed by atoms with Gasteiger partial charge in [0, 0.05) is 36.6 Å². The normalized spacial score (nSPS) is 16.3. The summed E-state index contributed by atoms with van der Waals surface area (Å²) in [5.41, 5.74) is 4.89. The number of benzene rings is 6. The van der Waals surface area contributed by atoms with Gasteiger partial charge >= 0.3 is 0 Å². The van der Waals surface area contributed by atoms with Crippen molar-refractivity contribution in [3.8, 4) is 67.5 Å². The molecule has 1 N–H and O–H groups in total. The van der Waals surface area contributed by atoms with Crippen LogP contribution in [0, 0.1) is 0 Å². The van der Waals surface area contributed by atoms with Gasteiger partial charge in [0.05, 0.1) is 33.5 Å². The van der Waals surface area contributed by atoms with Crippen LogP contribution in [0.3, 0.4) is 0 Å². The third kappa shape index (κ3) is 8.61. The van der Waals surface area contributed by atoms with Crippen molar-refractivity contribution >= 4 is 11.0 Å². The number of phenolic OH excluding ortho intramolecular Hbond substituents is 1. The molecule has 0 aliphatic heterocycles. The van der Waals surface area contributed by atoms with Crippen molar-refractivity contribution in [3.05, 3.63) is 167 Å². The number of hydrogen-bond donors (Lipinski definition) is 1. The highest BCUT2D eigenvalue weighted by atomic mass is 16.3. The van der Waals surface area contributed by atoms with Crippen molar-refractivity contribution in [2.24, 2.45) is 0 Å². The van der Waals surface area contributed by atoms with Gasteiger partial charge in [-0.25, -0.2) is 4.98 Å². The second kappa shape index (κ2) is 16.8. The van der Waals surface area contributed by atoms with Crippen LogP contribution < -0.4 is 0 Å². The molecule has 0 aliphatic rings. The molecular formula is C59H63N3O. The molecule has 0 saturated carbocycles. The van der Waals surface area contributed by atoms with E-state index in [-0.39, 0.29) is 28.7 Å². The summed E-state index contributed by atoms with van der Waals surface area (Å²) in [6.45, 7) is 6.82. The Bertz CT molecular complexity index is 3510. The summed E-state index contributed by atoms with van der Waals surface area (Å²) in [5, 5.41) is 12.3. The van der Waals surface area contributed by atoms with Gasteiger partial charge in [0.25, 0.3) is 0 Å². The third-order valence-corrected chi connectivity index (χ3v) is 11.7. The predicted octanol–water partition coefficient (Wildman–Crippen LogP) is 16.4. The number of aromatic nitrogens is 3. The van der Waals surface area contributed by atoms with Gasteiger partial charge in [-0.15, -0.1) is 0 Å². The van der Waals surface area contributed by atoms with Crippen LogP contribution in [0.25, 0.3) is 72.7 Å². The first-order valence-electron chi connectivity index (χ1n) is 28.4. The summed E-state index contributed by atoms with van der Waals surface area (Å²) < 4.78 is 122. The lowest BCUT2D eigenvalue weighted by Gasteiger charge is -2.22. The van der Waals surface area contributed by atoms with Crippen LogP contribution in [0.5, 0.6) is 5.75 Å². The number of phenols is 1. The van der Waals surface area contributed by atoms with Crippen LogP contribution in [0.2, 0.25) is 0 Å². The number of imidazole rings is 1. The number of nitrogens with zero attached hydrogens (tertiary/aromatic N) is 3. The van der Waals surface area contributed by atoms with E-state index in [4.69, 9.17) is 29.2 Å². The minimum atomic E-state index is -3.81. The van der Waals surface area contributed by atoms with E-state index in [0.29, 0.717) is 28.2 Å². The zero-order valence-corrected chi connectivity index (χ0v) is 37.4. The fourth-order valence-corrected chi connectivity index (χ4v) is 8.02. The Labute approximate surface area is 395 Å². The molecule has 0 atom stereocenters. The van der Waals surface area contributed by atoms with Crippen molar-refractivity contribution in [2.75, 3.05) is 0 Å². The van der Waals surface area contributed by atoms with E-state index in [2.05, 4.69) is 57.4 Å². The van der Waals surface area contributed by atoms with Crippen molar-refractivity contribution in [1.29, 1.82) is 0 Å². The second-order valence-electron chi connectivity index (χ2n) is 18.3. The minimum absolute atomic E-state index is 0.0171. The quantitative estimate of drug-likeness (QED) is 0.157. The van der Waals surface area contributed by atoms with E-state index in [9.17, 15) is 5.11 Å². The molecule has 0 fully saturated rings. The molecule has 0 aliphatic carbocycles. The summed E-state index contributed by atoms with van der Waals surface area (Å²) >= 11 is 0. The van der Waals surface area contributed by atoms with Crippen molar-refractivity contribution in [3.63, 3.8) is 0 Å². The van der Waals surface area contributed by atoms with Crippen molar-refractivity contribution < 1.29 is 24.3 Å². The molecule has 0 bridgehead atoms. The van der Waals surface area contributed by atoms with Gasteiger partial charge in [-0.2, -0.15) is 0 Å². The molecule has 0 radical (unpaired) electrons. The Balaban J connectivity index is 1.41. The number of para-hydroxylation sites is 1. The van der Waals surface area contributed by atoms with Gasteiger partial charge in [-0.05, 0) is 127 Å². The van der Waals surface area contributed by atoms with Crippen LogP contribution in [0.1, 0.15) is 148 Å². The Morgan fingerprint density at radius 2 is 1.32 bits per heavy atom. The minimum Gasteiger partial charge on any atom is -0.507 e. The number of rotatable bonds is 9. The zero-order valence-electron chi connectivity index (χ0n) is 51.4. The van der Waals surface area contributed by atoms with Crippen LogP contribution in [-0.2, 0) is 10.8 Å². The molecule has 0 spiro atoms. The molecule has 8 rings (SSSR count). The first kappa shape index (κ1) is 29.2. The predicted molar refractivity (Wildman–Crippen MR) is 267 cm³/mol. The number of fused-ring (bicyclic) bond motifs is 1. The summed E-state index contributed by atoms with van der Waals surface area (Å²) in [6, 6.07) is 31.2. The molecule has 4 heteroatoms. The van der Waals surface area contributed by atoms with E-state index in [1.165, 1.54) is 12.3 Å². The smallest absolute Gasteiger partial charge is 0.149 e. The lowest BCUT2D eigenvalue weighted by Crippen LogP contribution is -2.11. The summed E-state index contributed by atoms with van der Waals surface area (Å²) in [6.07, 6.45) is 1.43. The molecule has 0 amide bonds. The number of hydrogen-bond acceptors (Lipinski definition) is 3. The fraction of sp³-hybridized carbons (Fsp3) is 0.288. The van der Waals surface area contributed by atoms with Crippen LogP contribution in [-0.4, -0.2) is 19.6 Å². The second-order valence-corrected chi connectivity index (χ2v) is 18.3. The zero-order chi connectivity index (χ0) is 56.9. The van der Waals surface area contributed by atoms with Crippen LogP contribution in [0.15, 0.2) is 140 Å². The topological polar surface area (TPSA) is 50.9 Å². The molecule has 0 saturated heterocycles. The molecule has 8 aromatic rings. The maximum atomic E-state index is 12.3. The maximum absolute atomic E-state index is 12.3. The number of aromatic hydroxyl groups is 1. The Hall–Kier alpha value is -6.26. The molecular weight excluding hydrogens is 767 g/mol. The van der Waals surface area contributed by atoms with E-state index in [1.54, 1.807) is 6.07 Å². The highest BCUT2D eigenvalue weighted by Crippen LogP contribution is 2.45. The first-order valence-corrected chi connectivity index (χ1v) is 21.4. The van der Waals surface area contributed by atoms with Gasteiger partial charge < -0.3 is 5.11 Å². The summed E-state index contributed by atoms with van der Waals surface area (Å²) in [4.78, 5) is 10.3. The van der Waals surface area contributed by atoms with E-state index in [0.717, 1.165) is 55.7 Å². The highest BCUT2D eigenvalue weighted by Gasteiger charge is 2.26. The first-order chi connectivity index (χ1) is 35.6.